The van der Waals surface area contributed by atoms with Crippen LogP contribution in [0.5, 0.6) is 0 Å². The highest BCUT2D eigenvalue weighted by Gasteiger charge is 2.27. The van der Waals surface area contributed by atoms with Gasteiger partial charge in [0.05, 0.1) is 53.4 Å². The first-order valence-corrected chi connectivity index (χ1v) is 8.87. The van der Waals surface area contributed by atoms with Gasteiger partial charge in [-0.25, -0.2) is 0 Å². The van der Waals surface area contributed by atoms with E-state index in [0.29, 0.717) is 0 Å². The first-order valence-electron chi connectivity index (χ1n) is 8.87. The smallest absolute Gasteiger partial charge is 0.0913 e. The summed E-state index contributed by atoms with van der Waals surface area (Å²) in [5.74, 6) is 0. The number of piperidine rings is 2. The van der Waals surface area contributed by atoms with Crippen LogP contribution < -0.4 is 34.0 Å². The molecule has 22 heavy (non-hydrogen) atoms. The normalized spacial score (nSPS) is 23.5. The number of likely N-dealkylation sites (N-methyl/N-ethyl adjacent to an activating group) is 3. The zero-order valence-electron chi connectivity index (χ0n) is 15.0. The van der Waals surface area contributed by atoms with E-state index in [2.05, 4.69) is 26.0 Å². The van der Waals surface area contributed by atoms with Crippen LogP contribution in [0.4, 0.5) is 0 Å². The van der Waals surface area contributed by atoms with Crippen molar-refractivity contribution in [3.05, 3.63) is 0 Å². The Morgan fingerprint density at radius 1 is 0.636 bits per heavy atom. The molecule has 2 rings (SSSR count). The molecule has 0 aliphatic carbocycles. The van der Waals surface area contributed by atoms with E-state index >= 15 is 0 Å². The highest BCUT2D eigenvalue weighted by Crippen LogP contribution is 2.17. The number of hydrogen-bond acceptors (Lipinski definition) is 1. The molecule has 2 aliphatic rings. The Labute approximate surface area is 159 Å². The maximum atomic E-state index is 2.58. The van der Waals surface area contributed by atoms with Gasteiger partial charge in [-0.1, -0.05) is 0 Å². The molecule has 3 nitrogen and oxygen atoms in total. The first-order chi connectivity index (χ1) is 9.52. The van der Waals surface area contributed by atoms with Gasteiger partial charge in [0.1, 0.15) is 0 Å². The average molecular weight is 443 g/mol. The zero-order chi connectivity index (χ0) is 14.5. The lowest BCUT2D eigenvalue weighted by Crippen LogP contribution is -3.00. The largest absolute Gasteiger partial charge is 1.00 e. The molecule has 0 spiro atoms. The predicted octanol–water partition coefficient (Wildman–Crippen LogP) is -3.81. The molecule has 0 unspecified atom stereocenters. The van der Waals surface area contributed by atoms with Gasteiger partial charge in [-0.15, -0.1) is 0 Å². The van der Waals surface area contributed by atoms with E-state index in [1.165, 1.54) is 99.8 Å². The number of nitrogens with zero attached hydrogens (tertiary/aromatic N) is 3. The second-order valence-corrected chi connectivity index (χ2v) is 8.01. The van der Waals surface area contributed by atoms with E-state index in [4.69, 9.17) is 0 Å². The van der Waals surface area contributed by atoms with E-state index in [-0.39, 0.29) is 34.0 Å². The average Bonchev–Trinajstić information content (AvgIpc) is 2.45. The molecule has 2 fully saturated rings. The van der Waals surface area contributed by atoms with Crippen LogP contribution >= 0.6 is 0 Å². The maximum absolute atomic E-state index is 2.58. The predicted molar refractivity (Wildman–Crippen MR) is 86.8 cm³/mol. The summed E-state index contributed by atoms with van der Waals surface area (Å²) < 4.78 is 2.63. The lowest BCUT2D eigenvalue weighted by molar-refractivity contribution is -0.915. The molecule has 0 amide bonds. The van der Waals surface area contributed by atoms with E-state index in [9.17, 15) is 0 Å². The maximum Gasteiger partial charge on any atom is 0.0913 e. The minimum Gasteiger partial charge on any atom is -1.00 e. The standard InChI is InChI=1S/C17H37N3.2BrH/c1-18(10-16-19(2)12-6-4-7-13-19)11-17-20(3)14-8-5-9-15-20;;/h4-17H2,1-3H3;2*1H/q+2;;/p-2. The number of hydrogen-bond donors (Lipinski definition) is 0. The Hall–Kier alpha value is 0.840. The van der Waals surface area contributed by atoms with E-state index < -0.39 is 0 Å². The third-order valence-corrected chi connectivity index (χ3v) is 5.83. The minimum atomic E-state index is 0. The van der Waals surface area contributed by atoms with Crippen LogP contribution in [0.15, 0.2) is 0 Å². The highest BCUT2D eigenvalue weighted by molar-refractivity contribution is 4.58. The van der Waals surface area contributed by atoms with Crippen molar-refractivity contribution in [2.45, 2.75) is 38.5 Å². The van der Waals surface area contributed by atoms with Gasteiger partial charge in [0.15, 0.2) is 0 Å². The number of likely N-dealkylation sites (tertiary alicyclic amines) is 2. The molecular weight excluding hydrogens is 406 g/mol. The Morgan fingerprint density at radius 3 is 1.27 bits per heavy atom. The monoisotopic (exact) mass is 441 g/mol. The quantitative estimate of drug-likeness (QED) is 0.381. The van der Waals surface area contributed by atoms with Gasteiger partial charge in [-0.3, -0.25) is 4.90 Å². The second-order valence-electron chi connectivity index (χ2n) is 8.01. The summed E-state index contributed by atoms with van der Waals surface area (Å²) in [6, 6.07) is 0. The van der Waals surface area contributed by atoms with Gasteiger partial charge in [0, 0.05) is 13.1 Å². The molecule has 2 heterocycles. The Kier molecular flexibility index (Phi) is 11.1. The highest BCUT2D eigenvalue weighted by atomic mass is 79.9. The summed E-state index contributed by atoms with van der Waals surface area (Å²) >= 11 is 0. The van der Waals surface area contributed by atoms with E-state index in [0.717, 1.165) is 0 Å². The second kappa shape index (κ2) is 10.7. The molecule has 5 heteroatoms. The zero-order valence-corrected chi connectivity index (χ0v) is 18.2. The van der Waals surface area contributed by atoms with E-state index in [1.807, 2.05) is 0 Å². The fourth-order valence-corrected chi connectivity index (χ4v) is 3.93. The molecule has 0 bridgehead atoms. The molecular formula is C17H37Br2N3. The van der Waals surface area contributed by atoms with Crippen LogP contribution in [-0.2, 0) is 0 Å². The molecule has 0 atom stereocenters. The summed E-state index contributed by atoms with van der Waals surface area (Å²) in [6.07, 6.45) is 8.67. The Morgan fingerprint density at radius 2 is 0.955 bits per heavy atom. The third-order valence-electron chi connectivity index (χ3n) is 5.83. The van der Waals surface area contributed by atoms with Gasteiger partial charge in [-0.05, 0) is 45.6 Å². The van der Waals surface area contributed by atoms with Gasteiger partial charge in [-0.2, -0.15) is 0 Å². The fraction of sp³-hybridized carbons (Fsp3) is 1.00. The summed E-state index contributed by atoms with van der Waals surface area (Å²) in [5, 5.41) is 0. The van der Waals surface area contributed by atoms with Gasteiger partial charge < -0.3 is 42.9 Å². The summed E-state index contributed by atoms with van der Waals surface area (Å²) in [7, 11) is 7.25. The van der Waals surface area contributed by atoms with Crippen LogP contribution in [0.3, 0.4) is 0 Å². The molecule has 0 radical (unpaired) electrons. The van der Waals surface area contributed by atoms with Crippen LogP contribution in [-0.4, -0.2) is 87.4 Å². The lowest BCUT2D eigenvalue weighted by atomic mass is 10.1. The Bertz CT molecular complexity index is 260. The van der Waals surface area contributed by atoms with Crippen molar-refractivity contribution < 1.29 is 42.9 Å². The van der Waals surface area contributed by atoms with E-state index in [1.54, 1.807) is 0 Å². The van der Waals surface area contributed by atoms with Gasteiger partial charge in [0.25, 0.3) is 0 Å². The molecule has 0 N–H and O–H groups in total. The fourth-order valence-electron chi connectivity index (χ4n) is 3.93. The number of quaternary nitrogens is 2. The van der Waals surface area contributed by atoms with Crippen molar-refractivity contribution in [2.24, 2.45) is 0 Å². The Balaban J connectivity index is 0.00000220. The van der Waals surface area contributed by atoms with Crippen molar-refractivity contribution in [1.29, 1.82) is 0 Å². The van der Waals surface area contributed by atoms with Crippen molar-refractivity contribution in [3.8, 4) is 0 Å². The topological polar surface area (TPSA) is 3.24 Å². The van der Waals surface area contributed by atoms with Crippen LogP contribution in [0.25, 0.3) is 0 Å². The molecule has 2 saturated heterocycles. The third kappa shape index (κ3) is 7.61. The molecule has 0 aromatic carbocycles. The molecule has 0 aromatic rings. The SMILES string of the molecule is CN(CC[N+]1(C)CCCCC1)CC[N+]1(C)CCCCC1.[Br-].[Br-]. The molecule has 0 saturated carbocycles. The first kappa shape index (κ1) is 22.8. The summed E-state index contributed by atoms with van der Waals surface area (Å²) in [5.41, 5.74) is 0. The molecule has 2 aliphatic heterocycles. The summed E-state index contributed by atoms with van der Waals surface area (Å²) in [6.45, 7) is 10.9. The van der Waals surface area contributed by atoms with Crippen molar-refractivity contribution in [3.63, 3.8) is 0 Å². The lowest BCUT2D eigenvalue weighted by Gasteiger charge is -2.40. The van der Waals surface area contributed by atoms with Crippen molar-refractivity contribution in [1.82, 2.24) is 4.90 Å². The van der Waals surface area contributed by atoms with Crippen LogP contribution in [0.1, 0.15) is 38.5 Å². The minimum absolute atomic E-state index is 0. The van der Waals surface area contributed by atoms with Crippen LogP contribution in [0.2, 0.25) is 0 Å². The van der Waals surface area contributed by atoms with Gasteiger partial charge in [0.2, 0.25) is 0 Å². The number of halogens is 2. The van der Waals surface area contributed by atoms with Gasteiger partial charge >= 0.3 is 0 Å². The summed E-state index contributed by atoms with van der Waals surface area (Å²) in [4.78, 5) is 2.58. The molecule has 0 aromatic heterocycles. The van der Waals surface area contributed by atoms with Crippen LogP contribution in [0, 0.1) is 0 Å². The van der Waals surface area contributed by atoms with Crippen molar-refractivity contribution in [2.75, 3.05) is 73.5 Å². The number of rotatable bonds is 6. The molecule has 134 valence electrons. The van der Waals surface area contributed by atoms with Crippen molar-refractivity contribution >= 4 is 0 Å².